The number of benzene rings is 1. The van der Waals surface area contributed by atoms with Crippen LogP contribution in [0, 0.1) is 5.82 Å². The monoisotopic (exact) mass is 227 g/mol. The average molecular weight is 227 g/mol. The minimum Gasteiger partial charge on any atom is -0.494 e. The van der Waals surface area contributed by atoms with Gasteiger partial charge in [0, 0.05) is 18.8 Å². The van der Waals surface area contributed by atoms with E-state index < -0.39 is 5.82 Å². The van der Waals surface area contributed by atoms with Gasteiger partial charge in [-0.3, -0.25) is 4.79 Å². The maximum atomic E-state index is 13.4. The normalized spacial score (nSPS) is 9.75. The Morgan fingerprint density at radius 2 is 2.12 bits per heavy atom. The first-order chi connectivity index (χ1) is 7.58. The third-order valence-electron chi connectivity index (χ3n) is 2.17. The second-order valence-electron chi connectivity index (χ2n) is 3.25. The fourth-order valence-electron chi connectivity index (χ4n) is 1.24. The Kier molecular flexibility index (Phi) is 4.10. The summed E-state index contributed by atoms with van der Waals surface area (Å²) in [5.41, 5.74) is 0.587. The van der Waals surface area contributed by atoms with Crippen LogP contribution < -0.4 is 9.64 Å². The summed E-state index contributed by atoms with van der Waals surface area (Å²) in [6.07, 6.45) is 0. The van der Waals surface area contributed by atoms with Crippen LogP contribution in [0.3, 0.4) is 0 Å². The van der Waals surface area contributed by atoms with Crippen LogP contribution in [-0.4, -0.2) is 33.8 Å². The van der Waals surface area contributed by atoms with Crippen LogP contribution in [-0.2, 0) is 9.53 Å². The first-order valence-electron chi connectivity index (χ1n) is 4.70. The molecular weight excluding hydrogens is 213 g/mol. The van der Waals surface area contributed by atoms with Crippen molar-refractivity contribution in [3.8, 4) is 5.75 Å². The van der Waals surface area contributed by atoms with Crippen LogP contribution in [0.4, 0.5) is 10.1 Å². The molecule has 4 nitrogen and oxygen atoms in total. The Morgan fingerprint density at radius 3 is 2.62 bits per heavy atom. The number of rotatable bonds is 4. The zero-order valence-electron chi connectivity index (χ0n) is 9.49. The van der Waals surface area contributed by atoms with Gasteiger partial charge in [-0.15, -0.1) is 0 Å². The molecule has 88 valence electrons. The van der Waals surface area contributed by atoms with Crippen molar-refractivity contribution in [3.63, 3.8) is 0 Å². The first-order valence-corrected chi connectivity index (χ1v) is 4.70. The molecule has 16 heavy (non-hydrogen) atoms. The zero-order chi connectivity index (χ0) is 12.1. The number of ether oxygens (including phenoxy) is 2. The second-order valence-corrected chi connectivity index (χ2v) is 3.25. The number of carbonyl (C=O) groups excluding carboxylic acids is 1. The summed E-state index contributed by atoms with van der Waals surface area (Å²) >= 11 is 0. The summed E-state index contributed by atoms with van der Waals surface area (Å²) in [5, 5.41) is 0. The molecule has 0 saturated carbocycles. The van der Waals surface area contributed by atoms with Gasteiger partial charge in [0.15, 0.2) is 11.6 Å². The fourth-order valence-corrected chi connectivity index (χ4v) is 1.24. The van der Waals surface area contributed by atoms with E-state index in [9.17, 15) is 9.18 Å². The van der Waals surface area contributed by atoms with E-state index in [4.69, 9.17) is 4.74 Å². The lowest BCUT2D eigenvalue weighted by molar-refractivity contribution is -0.138. The van der Waals surface area contributed by atoms with Crippen LogP contribution >= 0.6 is 0 Å². The van der Waals surface area contributed by atoms with Crippen LogP contribution in [0.5, 0.6) is 5.75 Å². The summed E-state index contributed by atoms with van der Waals surface area (Å²) in [4.78, 5) is 12.6. The minimum atomic E-state index is -0.461. The smallest absolute Gasteiger partial charge is 0.325 e. The number of halogens is 1. The summed E-state index contributed by atoms with van der Waals surface area (Å²) < 4.78 is 22.7. The molecular formula is C11H14FNO3. The predicted molar refractivity (Wildman–Crippen MR) is 58.2 cm³/mol. The number of hydrogen-bond donors (Lipinski definition) is 0. The van der Waals surface area contributed by atoms with Crippen molar-refractivity contribution in [2.45, 2.75) is 0 Å². The molecule has 5 heteroatoms. The van der Waals surface area contributed by atoms with Crippen LogP contribution in [0.2, 0.25) is 0 Å². The lowest BCUT2D eigenvalue weighted by atomic mass is 10.2. The fraction of sp³-hybridized carbons (Fsp3) is 0.364. The molecule has 0 unspecified atom stereocenters. The number of methoxy groups -OCH3 is 2. The molecule has 0 N–H and O–H groups in total. The first kappa shape index (κ1) is 12.3. The quantitative estimate of drug-likeness (QED) is 0.730. The summed E-state index contributed by atoms with van der Waals surface area (Å²) in [5.74, 6) is -0.661. The van der Waals surface area contributed by atoms with Gasteiger partial charge >= 0.3 is 5.97 Å². The summed E-state index contributed by atoms with van der Waals surface area (Å²) in [6.45, 7) is 0.0717. The number of hydrogen-bond acceptors (Lipinski definition) is 4. The highest BCUT2D eigenvalue weighted by molar-refractivity contribution is 5.75. The van der Waals surface area contributed by atoms with Gasteiger partial charge in [0.05, 0.1) is 14.2 Å². The van der Waals surface area contributed by atoms with Crippen molar-refractivity contribution >= 4 is 11.7 Å². The van der Waals surface area contributed by atoms with Gasteiger partial charge in [0.2, 0.25) is 0 Å². The maximum Gasteiger partial charge on any atom is 0.325 e. The van der Waals surface area contributed by atoms with Gasteiger partial charge < -0.3 is 14.4 Å². The molecule has 0 saturated heterocycles. The van der Waals surface area contributed by atoms with Crippen LogP contribution in [0.25, 0.3) is 0 Å². The molecule has 1 aromatic carbocycles. The Bertz CT molecular complexity index is 381. The average Bonchev–Trinajstić information content (AvgIpc) is 2.28. The summed E-state index contributed by atoms with van der Waals surface area (Å²) in [7, 11) is 4.39. The van der Waals surface area contributed by atoms with E-state index in [1.165, 1.54) is 26.4 Å². The summed E-state index contributed by atoms with van der Waals surface area (Å²) in [6, 6.07) is 4.49. The molecule has 0 aliphatic carbocycles. The van der Waals surface area contributed by atoms with E-state index in [1.54, 1.807) is 18.0 Å². The highest BCUT2D eigenvalue weighted by Gasteiger charge is 2.10. The van der Waals surface area contributed by atoms with Crippen LogP contribution in [0.1, 0.15) is 0 Å². The molecule has 0 atom stereocenters. The van der Waals surface area contributed by atoms with E-state index in [-0.39, 0.29) is 18.3 Å². The maximum absolute atomic E-state index is 13.4. The van der Waals surface area contributed by atoms with Crippen LogP contribution in [0.15, 0.2) is 18.2 Å². The largest absolute Gasteiger partial charge is 0.494 e. The molecule has 0 aliphatic heterocycles. The predicted octanol–water partition coefficient (Wildman–Crippen LogP) is 1.44. The van der Waals surface area contributed by atoms with Gasteiger partial charge in [-0.1, -0.05) is 0 Å². The SMILES string of the molecule is COC(=O)CN(C)c1ccc(OC)c(F)c1. The van der Waals surface area contributed by atoms with Crippen molar-refractivity contribution in [2.75, 3.05) is 32.7 Å². The van der Waals surface area contributed by atoms with Crippen molar-refractivity contribution in [2.24, 2.45) is 0 Å². The highest BCUT2D eigenvalue weighted by atomic mass is 19.1. The molecule has 0 heterocycles. The number of nitrogens with zero attached hydrogens (tertiary/aromatic N) is 1. The van der Waals surface area contributed by atoms with Gasteiger partial charge in [-0.25, -0.2) is 4.39 Å². The topological polar surface area (TPSA) is 38.8 Å². The van der Waals surface area contributed by atoms with E-state index >= 15 is 0 Å². The zero-order valence-corrected chi connectivity index (χ0v) is 9.49. The number of esters is 1. The molecule has 0 amide bonds. The Morgan fingerprint density at radius 1 is 1.44 bits per heavy atom. The van der Waals surface area contributed by atoms with E-state index in [0.717, 1.165) is 0 Å². The Balaban J connectivity index is 2.80. The third kappa shape index (κ3) is 2.85. The van der Waals surface area contributed by atoms with E-state index in [1.807, 2.05) is 0 Å². The lowest BCUT2D eigenvalue weighted by Gasteiger charge is -2.18. The number of carbonyl (C=O) groups is 1. The van der Waals surface area contributed by atoms with Crippen molar-refractivity contribution < 1.29 is 18.7 Å². The molecule has 1 rings (SSSR count). The molecule has 0 aliphatic rings. The van der Waals surface area contributed by atoms with Gasteiger partial charge in [0.25, 0.3) is 0 Å². The van der Waals surface area contributed by atoms with Crippen molar-refractivity contribution in [1.82, 2.24) is 0 Å². The Hall–Kier alpha value is -1.78. The molecule has 0 aromatic heterocycles. The van der Waals surface area contributed by atoms with Gasteiger partial charge in [-0.2, -0.15) is 0 Å². The van der Waals surface area contributed by atoms with E-state index in [0.29, 0.717) is 5.69 Å². The molecule has 1 aromatic rings. The third-order valence-corrected chi connectivity index (χ3v) is 2.17. The lowest BCUT2D eigenvalue weighted by Crippen LogP contribution is -2.26. The van der Waals surface area contributed by atoms with E-state index in [2.05, 4.69) is 4.74 Å². The molecule has 0 spiro atoms. The van der Waals surface area contributed by atoms with Crippen molar-refractivity contribution in [3.05, 3.63) is 24.0 Å². The van der Waals surface area contributed by atoms with Crippen molar-refractivity contribution in [1.29, 1.82) is 0 Å². The minimum absolute atomic E-state index is 0.0717. The van der Waals surface area contributed by atoms with Gasteiger partial charge in [-0.05, 0) is 12.1 Å². The number of likely N-dealkylation sites (N-methyl/N-ethyl adjacent to an activating group) is 1. The number of anilines is 1. The van der Waals surface area contributed by atoms with Gasteiger partial charge in [0.1, 0.15) is 6.54 Å². The highest BCUT2D eigenvalue weighted by Crippen LogP contribution is 2.22. The standard InChI is InChI=1S/C11H14FNO3/c1-13(7-11(14)16-3)8-4-5-10(15-2)9(12)6-8/h4-6H,7H2,1-3H3. The molecule has 0 fully saturated rings. The second kappa shape index (κ2) is 5.34. The molecule has 0 radical (unpaired) electrons. The molecule has 0 bridgehead atoms. The Labute approximate surface area is 93.6 Å².